The molecule has 0 aliphatic carbocycles. The molecule has 6 aromatic rings. The minimum absolute atomic E-state index is 0.222. The number of nitrogens with zero attached hydrogens (tertiary/aromatic N) is 3. The molecule has 0 radical (unpaired) electrons. The van der Waals surface area contributed by atoms with Crippen molar-refractivity contribution < 1.29 is 4.79 Å². The lowest BCUT2D eigenvalue weighted by Gasteiger charge is -2.11. The Kier molecular flexibility index (Phi) is 5.58. The summed E-state index contributed by atoms with van der Waals surface area (Å²) in [5, 5.41) is 7.07. The summed E-state index contributed by atoms with van der Waals surface area (Å²) in [4.78, 5) is 35.9. The second kappa shape index (κ2) is 9.20. The number of hydrogen-bond donors (Lipinski definition) is 2. The molecule has 0 atom stereocenters. The van der Waals surface area contributed by atoms with Crippen LogP contribution in [0.4, 0.5) is 5.82 Å². The van der Waals surface area contributed by atoms with E-state index >= 15 is 0 Å². The van der Waals surface area contributed by atoms with Crippen LogP contribution in [0.1, 0.15) is 13.3 Å². The van der Waals surface area contributed by atoms with Gasteiger partial charge in [0.05, 0.1) is 22.3 Å². The predicted octanol–water partition coefficient (Wildman–Crippen LogP) is 5.92. The fourth-order valence-electron chi connectivity index (χ4n) is 4.57. The van der Waals surface area contributed by atoms with Gasteiger partial charge >= 0.3 is 0 Å². The molecule has 0 aliphatic heterocycles. The number of fused-ring (bicyclic) bond motifs is 2. The summed E-state index contributed by atoms with van der Waals surface area (Å²) < 4.78 is 1.47. The van der Waals surface area contributed by atoms with E-state index in [2.05, 4.69) is 15.4 Å². The number of carbonyl (C=O) groups excluding carboxylic acids is 1. The van der Waals surface area contributed by atoms with E-state index in [1.807, 2.05) is 91.0 Å². The molecule has 6 rings (SSSR count). The van der Waals surface area contributed by atoms with Crippen molar-refractivity contribution in [3.05, 3.63) is 108 Å². The molecule has 0 fully saturated rings. The molecule has 3 aromatic heterocycles. The zero-order chi connectivity index (χ0) is 25.4. The summed E-state index contributed by atoms with van der Waals surface area (Å²) in [6.07, 6.45) is 1.99. The molecule has 180 valence electrons. The summed E-state index contributed by atoms with van der Waals surface area (Å²) in [5.41, 5.74) is 5.28. The highest BCUT2D eigenvalue weighted by Crippen LogP contribution is 2.36. The minimum Gasteiger partial charge on any atom is -0.310 e. The van der Waals surface area contributed by atoms with Gasteiger partial charge < -0.3 is 5.32 Å². The summed E-state index contributed by atoms with van der Waals surface area (Å²) in [7, 11) is 0. The molecule has 7 nitrogen and oxygen atoms in total. The maximum absolute atomic E-state index is 14.1. The van der Waals surface area contributed by atoms with E-state index in [9.17, 15) is 9.59 Å². The zero-order valence-electron chi connectivity index (χ0n) is 20.1. The van der Waals surface area contributed by atoms with Gasteiger partial charge in [0.1, 0.15) is 5.82 Å². The first kappa shape index (κ1) is 22.4. The van der Waals surface area contributed by atoms with Gasteiger partial charge in [-0.3, -0.25) is 19.7 Å². The van der Waals surface area contributed by atoms with Crippen molar-refractivity contribution in [2.45, 2.75) is 13.3 Å². The lowest BCUT2D eigenvalue weighted by Crippen LogP contribution is -2.22. The Morgan fingerprint density at radius 3 is 2.32 bits per heavy atom. The molecule has 0 saturated carbocycles. The molecular weight excluding hydrogens is 462 g/mol. The van der Waals surface area contributed by atoms with Crippen LogP contribution in [0.25, 0.3) is 50.1 Å². The molecule has 0 aliphatic rings. The van der Waals surface area contributed by atoms with Crippen LogP contribution >= 0.6 is 0 Å². The van der Waals surface area contributed by atoms with Crippen LogP contribution < -0.4 is 10.9 Å². The highest BCUT2D eigenvalue weighted by Gasteiger charge is 2.23. The zero-order valence-corrected chi connectivity index (χ0v) is 20.1. The number of carbonyl (C=O) groups is 1. The Hall–Kier alpha value is -5.04. The molecule has 0 bridgehead atoms. The fourth-order valence-corrected chi connectivity index (χ4v) is 4.57. The molecule has 3 heterocycles. The third kappa shape index (κ3) is 3.96. The van der Waals surface area contributed by atoms with Crippen LogP contribution in [0.15, 0.2) is 102 Å². The number of aromatic amines is 1. The van der Waals surface area contributed by atoms with Crippen LogP contribution in [0.5, 0.6) is 0 Å². The Morgan fingerprint density at radius 1 is 0.865 bits per heavy atom. The molecule has 0 spiro atoms. The first-order chi connectivity index (χ1) is 18.1. The first-order valence-electron chi connectivity index (χ1n) is 12.1. The molecular formula is C30H23N5O2. The Bertz CT molecular complexity index is 1820. The van der Waals surface area contributed by atoms with Crippen LogP contribution in [-0.2, 0) is 4.79 Å². The second-order valence-corrected chi connectivity index (χ2v) is 8.71. The highest BCUT2D eigenvalue weighted by atomic mass is 16.2. The van der Waals surface area contributed by atoms with E-state index in [1.54, 1.807) is 13.1 Å². The quantitative estimate of drug-likeness (QED) is 0.317. The van der Waals surface area contributed by atoms with E-state index in [1.165, 1.54) is 4.52 Å². The van der Waals surface area contributed by atoms with Crippen molar-refractivity contribution in [2.75, 3.05) is 5.32 Å². The van der Waals surface area contributed by atoms with Crippen molar-refractivity contribution in [1.82, 2.24) is 19.6 Å². The molecule has 1 amide bonds. The van der Waals surface area contributed by atoms with E-state index in [0.717, 1.165) is 33.3 Å². The maximum atomic E-state index is 14.1. The maximum Gasteiger partial charge on any atom is 0.282 e. The van der Waals surface area contributed by atoms with E-state index in [4.69, 9.17) is 4.98 Å². The molecule has 0 saturated heterocycles. The summed E-state index contributed by atoms with van der Waals surface area (Å²) in [6, 6.07) is 29.0. The van der Waals surface area contributed by atoms with E-state index in [-0.39, 0.29) is 23.7 Å². The summed E-state index contributed by atoms with van der Waals surface area (Å²) in [6.45, 7) is 1.77. The number of aromatic nitrogens is 4. The first-order valence-corrected chi connectivity index (χ1v) is 12.1. The van der Waals surface area contributed by atoms with E-state index in [0.29, 0.717) is 16.8 Å². The fraction of sp³-hybridized carbons (Fsp3) is 0.0667. The number of pyridine rings is 1. The number of H-pyrrole nitrogens is 1. The molecule has 0 unspecified atom stereocenters. The topological polar surface area (TPSA) is 92.1 Å². The SMILES string of the molecule is CCC(=O)Nc1nc2c(-c3ccccc3)c(-c3ccccc3)[nH]n2c(=O)c1-c1ccc2ncccc2c1. The van der Waals surface area contributed by atoms with Gasteiger partial charge in [-0.2, -0.15) is 4.52 Å². The normalized spacial score (nSPS) is 11.2. The third-order valence-corrected chi connectivity index (χ3v) is 6.38. The van der Waals surface area contributed by atoms with Crippen molar-refractivity contribution in [1.29, 1.82) is 0 Å². The number of nitrogens with one attached hydrogen (secondary N) is 2. The largest absolute Gasteiger partial charge is 0.310 e. The number of hydrogen-bond acceptors (Lipinski definition) is 4. The Balaban J connectivity index is 1.69. The van der Waals surface area contributed by atoms with Gasteiger partial charge in [0.15, 0.2) is 5.65 Å². The molecule has 37 heavy (non-hydrogen) atoms. The predicted molar refractivity (Wildman–Crippen MR) is 146 cm³/mol. The smallest absolute Gasteiger partial charge is 0.282 e. The van der Waals surface area contributed by atoms with Crippen molar-refractivity contribution >= 4 is 28.3 Å². The van der Waals surface area contributed by atoms with Crippen LogP contribution in [-0.4, -0.2) is 25.5 Å². The number of benzene rings is 3. The van der Waals surface area contributed by atoms with Gasteiger partial charge in [0, 0.05) is 23.6 Å². The third-order valence-electron chi connectivity index (χ3n) is 6.38. The van der Waals surface area contributed by atoms with Crippen LogP contribution in [0.2, 0.25) is 0 Å². The Labute approximate surface area is 212 Å². The van der Waals surface area contributed by atoms with Crippen LogP contribution in [0.3, 0.4) is 0 Å². The van der Waals surface area contributed by atoms with Gasteiger partial charge in [0.25, 0.3) is 5.56 Å². The second-order valence-electron chi connectivity index (χ2n) is 8.71. The van der Waals surface area contributed by atoms with Crippen LogP contribution in [0, 0.1) is 0 Å². The van der Waals surface area contributed by atoms with Crippen molar-refractivity contribution in [3.63, 3.8) is 0 Å². The van der Waals surface area contributed by atoms with Gasteiger partial charge in [-0.15, -0.1) is 0 Å². The molecule has 2 N–H and O–H groups in total. The van der Waals surface area contributed by atoms with Gasteiger partial charge in [0.2, 0.25) is 5.91 Å². The summed E-state index contributed by atoms with van der Waals surface area (Å²) >= 11 is 0. The van der Waals surface area contributed by atoms with Crippen molar-refractivity contribution in [3.8, 4) is 33.5 Å². The minimum atomic E-state index is -0.306. The number of anilines is 1. The number of rotatable bonds is 5. The number of amides is 1. The van der Waals surface area contributed by atoms with Gasteiger partial charge in [-0.05, 0) is 29.3 Å². The molecule has 7 heteroatoms. The average molecular weight is 486 g/mol. The lowest BCUT2D eigenvalue weighted by molar-refractivity contribution is -0.115. The monoisotopic (exact) mass is 485 g/mol. The average Bonchev–Trinajstić information content (AvgIpc) is 3.33. The van der Waals surface area contributed by atoms with Gasteiger partial charge in [-0.1, -0.05) is 79.7 Å². The van der Waals surface area contributed by atoms with E-state index < -0.39 is 0 Å². The van der Waals surface area contributed by atoms with Crippen molar-refractivity contribution in [2.24, 2.45) is 0 Å². The summed E-state index contributed by atoms with van der Waals surface area (Å²) in [5.74, 6) is 0.0101. The lowest BCUT2D eigenvalue weighted by atomic mass is 10.0. The highest BCUT2D eigenvalue weighted by molar-refractivity contribution is 5.97. The standard InChI is InChI=1S/C30H23N5O2/c1-2-24(36)32-28-26(22-15-16-23-21(18-22)14-9-17-31-23)30(37)35-29(33-28)25(19-10-5-3-6-11-19)27(34-35)20-12-7-4-8-13-20/h3-18,34H,2H2,1H3,(H,32,36). The molecule has 3 aromatic carbocycles. The Morgan fingerprint density at radius 2 is 1.59 bits per heavy atom. The van der Waals surface area contributed by atoms with Gasteiger partial charge in [-0.25, -0.2) is 4.98 Å².